The van der Waals surface area contributed by atoms with Gasteiger partial charge in [0.1, 0.15) is 0 Å². The molecule has 4 heteroatoms. The van der Waals surface area contributed by atoms with Crippen LogP contribution in [0.5, 0.6) is 0 Å². The molecule has 96 valence electrons. The van der Waals surface area contributed by atoms with E-state index in [2.05, 4.69) is 46.2 Å². The van der Waals surface area contributed by atoms with Crippen molar-refractivity contribution in [2.24, 2.45) is 0 Å². The summed E-state index contributed by atoms with van der Waals surface area (Å²) in [5.74, 6) is 0. The Hall–Kier alpha value is 0.354. The molecule has 0 N–H and O–H groups in total. The summed E-state index contributed by atoms with van der Waals surface area (Å²) in [7, 11) is -2.79. The van der Waals surface area contributed by atoms with E-state index in [4.69, 9.17) is 8.85 Å². The summed E-state index contributed by atoms with van der Waals surface area (Å²) in [5, 5.41) is 0. The Morgan fingerprint density at radius 3 is 1.81 bits per heavy atom. The van der Waals surface area contributed by atoms with Crippen LogP contribution in [0.15, 0.2) is 0 Å². The van der Waals surface area contributed by atoms with Gasteiger partial charge in [0, 0.05) is 6.10 Å². The second-order valence-electron chi connectivity index (χ2n) is 7.14. The largest absolute Gasteiger partial charge is 0.415 e. The lowest BCUT2D eigenvalue weighted by atomic mass is 10.1. The van der Waals surface area contributed by atoms with Crippen molar-refractivity contribution in [3.05, 3.63) is 0 Å². The van der Waals surface area contributed by atoms with E-state index in [1.807, 2.05) is 0 Å². The second-order valence-corrected chi connectivity index (χ2v) is 16.0. The summed E-state index contributed by atoms with van der Waals surface area (Å²) in [6, 6.07) is 0. The van der Waals surface area contributed by atoms with Crippen molar-refractivity contribution in [1.82, 2.24) is 0 Å². The molecule has 16 heavy (non-hydrogen) atoms. The smallest absolute Gasteiger partial charge is 0.184 e. The molecule has 0 bridgehead atoms. The molecular weight excluding hydrogens is 232 g/mol. The summed E-state index contributed by atoms with van der Waals surface area (Å²) in [6.45, 7) is 15.8. The Balaban J connectivity index is 2.42. The molecule has 1 unspecified atom stereocenters. The van der Waals surface area contributed by atoms with Gasteiger partial charge in [0.15, 0.2) is 16.6 Å². The van der Waals surface area contributed by atoms with Crippen molar-refractivity contribution in [3.63, 3.8) is 0 Å². The van der Waals surface area contributed by atoms with Crippen molar-refractivity contribution < 1.29 is 8.85 Å². The third kappa shape index (κ3) is 5.61. The zero-order chi connectivity index (χ0) is 12.6. The van der Waals surface area contributed by atoms with Crippen molar-refractivity contribution >= 4 is 16.6 Å². The minimum atomic E-state index is -1.40. The number of hydrogen-bond acceptors (Lipinski definition) is 2. The van der Waals surface area contributed by atoms with Crippen LogP contribution >= 0.6 is 0 Å². The topological polar surface area (TPSA) is 18.5 Å². The molecule has 1 fully saturated rings. The molecule has 1 saturated carbocycles. The van der Waals surface area contributed by atoms with E-state index in [-0.39, 0.29) is 5.60 Å². The molecule has 1 aliphatic carbocycles. The lowest BCUT2D eigenvalue weighted by Gasteiger charge is -2.31. The van der Waals surface area contributed by atoms with Crippen LogP contribution in [0.2, 0.25) is 39.3 Å². The molecule has 0 aromatic carbocycles. The van der Waals surface area contributed by atoms with Gasteiger partial charge in [-0.15, -0.1) is 0 Å². The molecule has 1 rings (SSSR count). The van der Waals surface area contributed by atoms with Crippen molar-refractivity contribution in [2.45, 2.75) is 77.2 Å². The van der Waals surface area contributed by atoms with Crippen LogP contribution in [-0.2, 0) is 8.85 Å². The zero-order valence-electron chi connectivity index (χ0n) is 12.0. The second kappa shape index (κ2) is 4.55. The van der Waals surface area contributed by atoms with Crippen LogP contribution in [0.25, 0.3) is 0 Å². The highest BCUT2D eigenvalue weighted by Gasteiger charge is 2.47. The molecule has 0 saturated heterocycles. The first-order valence-electron chi connectivity index (χ1n) is 6.39. The van der Waals surface area contributed by atoms with E-state index in [1.165, 1.54) is 12.8 Å². The average Bonchev–Trinajstić information content (AvgIpc) is 2.58. The minimum Gasteiger partial charge on any atom is -0.415 e. The standard InChI is InChI=1S/C12H28O2Si2/c1-11(13-15(2,3)4)10-12(8-9-12)14-16(5,6)7/h11H,8-10H2,1-7H3. The lowest BCUT2D eigenvalue weighted by Crippen LogP contribution is -2.38. The molecule has 1 atom stereocenters. The highest BCUT2D eigenvalue weighted by molar-refractivity contribution is 6.70. The fourth-order valence-corrected chi connectivity index (χ4v) is 5.18. The van der Waals surface area contributed by atoms with Crippen LogP contribution in [0.4, 0.5) is 0 Å². The van der Waals surface area contributed by atoms with E-state index in [1.54, 1.807) is 0 Å². The highest BCUT2D eigenvalue weighted by atomic mass is 28.4. The molecule has 1 aliphatic rings. The minimum absolute atomic E-state index is 0.184. The van der Waals surface area contributed by atoms with E-state index >= 15 is 0 Å². The van der Waals surface area contributed by atoms with E-state index in [0.29, 0.717) is 6.10 Å². The van der Waals surface area contributed by atoms with Crippen LogP contribution in [-0.4, -0.2) is 28.3 Å². The summed E-state index contributed by atoms with van der Waals surface area (Å²) >= 11 is 0. The first-order valence-corrected chi connectivity index (χ1v) is 13.2. The van der Waals surface area contributed by atoms with Crippen LogP contribution in [0.1, 0.15) is 26.2 Å². The first-order chi connectivity index (χ1) is 7.02. The van der Waals surface area contributed by atoms with Crippen LogP contribution < -0.4 is 0 Å². The van der Waals surface area contributed by atoms with Crippen molar-refractivity contribution in [3.8, 4) is 0 Å². The maximum absolute atomic E-state index is 6.30. The Labute approximate surface area is 103 Å². The monoisotopic (exact) mass is 260 g/mol. The Bertz CT molecular complexity index is 236. The van der Waals surface area contributed by atoms with Gasteiger partial charge in [-0.1, -0.05) is 0 Å². The molecule has 0 radical (unpaired) electrons. The Morgan fingerprint density at radius 2 is 1.50 bits per heavy atom. The summed E-state index contributed by atoms with van der Waals surface area (Å²) in [6.07, 6.45) is 3.90. The van der Waals surface area contributed by atoms with Gasteiger partial charge < -0.3 is 8.85 Å². The average molecular weight is 261 g/mol. The molecule has 0 heterocycles. The molecule has 0 aliphatic heterocycles. The lowest BCUT2D eigenvalue weighted by molar-refractivity contribution is 0.0948. The SMILES string of the molecule is CC(CC1(O[Si](C)(C)C)CC1)O[Si](C)(C)C. The van der Waals surface area contributed by atoms with Gasteiger partial charge >= 0.3 is 0 Å². The van der Waals surface area contributed by atoms with Crippen LogP contribution in [0.3, 0.4) is 0 Å². The fourth-order valence-electron chi connectivity index (χ4n) is 2.31. The van der Waals surface area contributed by atoms with Gasteiger partial charge in [-0.25, -0.2) is 0 Å². The normalized spacial score (nSPS) is 21.9. The van der Waals surface area contributed by atoms with Gasteiger partial charge in [0.05, 0.1) is 5.60 Å². The van der Waals surface area contributed by atoms with Crippen molar-refractivity contribution in [2.75, 3.05) is 0 Å². The van der Waals surface area contributed by atoms with Gasteiger partial charge in [-0.2, -0.15) is 0 Å². The quantitative estimate of drug-likeness (QED) is 0.672. The molecule has 0 aromatic heterocycles. The summed E-state index contributed by atoms with van der Waals surface area (Å²) < 4.78 is 12.4. The predicted octanol–water partition coefficient (Wildman–Crippen LogP) is 4.00. The molecule has 0 spiro atoms. The Morgan fingerprint density at radius 1 is 1.00 bits per heavy atom. The molecule has 2 nitrogen and oxygen atoms in total. The van der Waals surface area contributed by atoms with Gasteiger partial charge in [-0.3, -0.25) is 0 Å². The van der Waals surface area contributed by atoms with E-state index in [0.717, 1.165) is 6.42 Å². The molecular formula is C12H28O2Si2. The molecule has 0 amide bonds. The Kier molecular flexibility index (Phi) is 4.10. The van der Waals surface area contributed by atoms with Gasteiger partial charge in [0.25, 0.3) is 0 Å². The predicted molar refractivity (Wildman–Crippen MR) is 74.9 cm³/mol. The van der Waals surface area contributed by atoms with Gasteiger partial charge in [0.2, 0.25) is 0 Å². The fraction of sp³-hybridized carbons (Fsp3) is 1.00. The highest BCUT2D eigenvalue weighted by Crippen LogP contribution is 2.46. The van der Waals surface area contributed by atoms with E-state index < -0.39 is 16.6 Å². The molecule has 0 aromatic rings. The van der Waals surface area contributed by atoms with Gasteiger partial charge in [-0.05, 0) is 65.5 Å². The number of rotatable bonds is 6. The summed E-state index contributed by atoms with van der Waals surface area (Å²) in [4.78, 5) is 0. The third-order valence-electron chi connectivity index (χ3n) is 2.54. The summed E-state index contributed by atoms with van der Waals surface area (Å²) in [5.41, 5.74) is 0.184. The maximum Gasteiger partial charge on any atom is 0.184 e. The third-order valence-corrected chi connectivity index (χ3v) is 4.70. The van der Waals surface area contributed by atoms with Crippen LogP contribution in [0, 0.1) is 0 Å². The van der Waals surface area contributed by atoms with Crippen molar-refractivity contribution in [1.29, 1.82) is 0 Å². The van der Waals surface area contributed by atoms with E-state index in [9.17, 15) is 0 Å². The first kappa shape index (κ1) is 14.4. The number of hydrogen-bond donors (Lipinski definition) is 0. The maximum atomic E-state index is 6.30. The zero-order valence-corrected chi connectivity index (χ0v) is 14.0.